The number of hydrogen-bond donors (Lipinski definition) is 1. The van der Waals surface area contributed by atoms with Gasteiger partial charge in [0.15, 0.2) is 0 Å². The summed E-state index contributed by atoms with van der Waals surface area (Å²) in [5.41, 5.74) is 0. The SMILES string of the molecule is CCN(CC)C(=O)CN1CCCN(C(=O)C2COCCN2)CC1.Cl.Cl. The molecule has 0 bridgehead atoms. The Morgan fingerprint density at radius 2 is 1.84 bits per heavy atom. The summed E-state index contributed by atoms with van der Waals surface area (Å²) in [7, 11) is 0. The predicted molar refractivity (Wildman–Crippen MR) is 103 cm³/mol. The second-order valence-electron chi connectivity index (χ2n) is 6.10. The number of ether oxygens (including phenoxy) is 1. The van der Waals surface area contributed by atoms with E-state index in [1.807, 2.05) is 23.6 Å². The molecule has 9 heteroatoms. The average molecular weight is 399 g/mol. The molecule has 0 aromatic rings. The molecule has 2 amide bonds. The zero-order valence-corrected chi connectivity index (χ0v) is 16.9. The van der Waals surface area contributed by atoms with Crippen LogP contribution < -0.4 is 5.32 Å². The van der Waals surface area contributed by atoms with Crippen LogP contribution in [0.3, 0.4) is 0 Å². The minimum atomic E-state index is -0.215. The van der Waals surface area contributed by atoms with E-state index < -0.39 is 0 Å². The molecule has 2 aliphatic rings. The summed E-state index contributed by atoms with van der Waals surface area (Å²) >= 11 is 0. The van der Waals surface area contributed by atoms with Gasteiger partial charge in [-0.1, -0.05) is 0 Å². The van der Waals surface area contributed by atoms with Crippen molar-refractivity contribution >= 4 is 36.6 Å². The van der Waals surface area contributed by atoms with Crippen LogP contribution in [-0.2, 0) is 14.3 Å². The molecule has 148 valence electrons. The van der Waals surface area contributed by atoms with Crippen molar-refractivity contribution in [2.45, 2.75) is 26.3 Å². The van der Waals surface area contributed by atoms with Crippen molar-refractivity contribution < 1.29 is 14.3 Å². The van der Waals surface area contributed by atoms with Gasteiger partial charge in [0.1, 0.15) is 6.04 Å². The van der Waals surface area contributed by atoms with Crippen LogP contribution in [0.15, 0.2) is 0 Å². The molecule has 0 aromatic heterocycles. The molecule has 25 heavy (non-hydrogen) atoms. The number of halogens is 2. The fraction of sp³-hybridized carbons (Fsp3) is 0.875. The highest BCUT2D eigenvalue weighted by atomic mass is 35.5. The van der Waals surface area contributed by atoms with Gasteiger partial charge in [0.2, 0.25) is 11.8 Å². The Bertz CT molecular complexity index is 405. The van der Waals surface area contributed by atoms with Gasteiger partial charge < -0.3 is 19.9 Å². The predicted octanol–water partition coefficient (Wildman–Crippen LogP) is 0.221. The summed E-state index contributed by atoms with van der Waals surface area (Å²) in [5, 5.41) is 3.22. The van der Waals surface area contributed by atoms with E-state index in [4.69, 9.17) is 4.74 Å². The highest BCUT2D eigenvalue weighted by molar-refractivity contribution is 5.85. The van der Waals surface area contributed by atoms with Crippen molar-refractivity contribution in [3.63, 3.8) is 0 Å². The summed E-state index contributed by atoms with van der Waals surface area (Å²) in [4.78, 5) is 30.7. The van der Waals surface area contributed by atoms with Crippen molar-refractivity contribution in [1.82, 2.24) is 20.0 Å². The standard InChI is InChI=1S/C16H30N4O3.2ClH/c1-3-19(4-2)15(21)12-18-7-5-8-20(10-9-18)16(22)14-13-23-11-6-17-14;;/h14,17H,3-13H2,1-2H3;2*1H. The molecule has 1 N–H and O–H groups in total. The number of nitrogens with zero attached hydrogens (tertiary/aromatic N) is 3. The molecule has 0 spiro atoms. The van der Waals surface area contributed by atoms with Crippen LogP contribution in [0.25, 0.3) is 0 Å². The van der Waals surface area contributed by atoms with Crippen molar-refractivity contribution in [2.75, 3.05) is 65.6 Å². The van der Waals surface area contributed by atoms with E-state index in [0.29, 0.717) is 26.3 Å². The number of morpholine rings is 1. The van der Waals surface area contributed by atoms with E-state index in [0.717, 1.165) is 45.7 Å². The topological polar surface area (TPSA) is 65.1 Å². The number of nitrogens with one attached hydrogen (secondary N) is 1. The fourth-order valence-electron chi connectivity index (χ4n) is 3.16. The third-order valence-corrected chi connectivity index (χ3v) is 4.59. The molecule has 2 saturated heterocycles. The smallest absolute Gasteiger partial charge is 0.242 e. The Hall–Kier alpha value is -0.600. The molecular weight excluding hydrogens is 367 g/mol. The molecule has 1 unspecified atom stereocenters. The van der Waals surface area contributed by atoms with Gasteiger partial charge >= 0.3 is 0 Å². The Morgan fingerprint density at radius 3 is 2.44 bits per heavy atom. The van der Waals surface area contributed by atoms with E-state index >= 15 is 0 Å². The largest absolute Gasteiger partial charge is 0.378 e. The average Bonchev–Trinajstić information content (AvgIpc) is 2.82. The van der Waals surface area contributed by atoms with Gasteiger partial charge in [-0.05, 0) is 20.3 Å². The third kappa shape index (κ3) is 7.27. The zero-order valence-electron chi connectivity index (χ0n) is 15.2. The van der Waals surface area contributed by atoms with E-state index in [2.05, 4.69) is 10.2 Å². The van der Waals surface area contributed by atoms with Gasteiger partial charge in [0.25, 0.3) is 0 Å². The molecular formula is C16H32Cl2N4O3. The van der Waals surface area contributed by atoms with Crippen molar-refractivity contribution in [2.24, 2.45) is 0 Å². The maximum Gasteiger partial charge on any atom is 0.242 e. The van der Waals surface area contributed by atoms with Crippen LogP contribution in [0.5, 0.6) is 0 Å². The van der Waals surface area contributed by atoms with E-state index in [1.165, 1.54) is 0 Å². The lowest BCUT2D eigenvalue weighted by molar-refractivity contribution is -0.136. The Labute approximate surface area is 163 Å². The summed E-state index contributed by atoms with van der Waals surface area (Å²) in [6.45, 7) is 10.9. The number of rotatable bonds is 5. The molecule has 2 aliphatic heterocycles. The summed E-state index contributed by atoms with van der Waals surface area (Å²) < 4.78 is 5.38. The van der Waals surface area contributed by atoms with E-state index in [-0.39, 0.29) is 42.7 Å². The molecule has 1 atom stereocenters. The van der Waals surface area contributed by atoms with Gasteiger partial charge in [-0.25, -0.2) is 0 Å². The lowest BCUT2D eigenvalue weighted by Crippen LogP contribution is -2.53. The third-order valence-electron chi connectivity index (χ3n) is 4.59. The zero-order chi connectivity index (χ0) is 16.7. The second-order valence-corrected chi connectivity index (χ2v) is 6.10. The van der Waals surface area contributed by atoms with E-state index in [1.54, 1.807) is 0 Å². The molecule has 2 rings (SSSR count). The maximum absolute atomic E-state index is 12.5. The lowest BCUT2D eigenvalue weighted by atomic mass is 10.2. The van der Waals surface area contributed by atoms with Crippen LogP contribution in [0.2, 0.25) is 0 Å². The Morgan fingerprint density at radius 1 is 1.12 bits per heavy atom. The number of likely N-dealkylation sites (N-methyl/N-ethyl adjacent to an activating group) is 1. The molecule has 7 nitrogen and oxygen atoms in total. The Kier molecular flexibility index (Phi) is 12.4. The van der Waals surface area contributed by atoms with Crippen LogP contribution in [0, 0.1) is 0 Å². The molecule has 2 fully saturated rings. The molecule has 0 radical (unpaired) electrons. The first-order valence-electron chi connectivity index (χ1n) is 8.75. The van der Waals surface area contributed by atoms with E-state index in [9.17, 15) is 9.59 Å². The number of amides is 2. The van der Waals surface area contributed by atoms with Crippen LogP contribution in [0.4, 0.5) is 0 Å². The summed E-state index contributed by atoms with van der Waals surface area (Å²) in [6, 6.07) is -0.215. The monoisotopic (exact) mass is 398 g/mol. The lowest BCUT2D eigenvalue weighted by Gasteiger charge is -2.29. The first-order chi connectivity index (χ1) is 11.2. The Balaban J connectivity index is 0.00000288. The van der Waals surface area contributed by atoms with Gasteiger partial charge in [-0.2, -0.15) is 0 Å². The van der Waals surface area contributed by atoms with Gasteiger partial charge in [-0.3, -0.25) is 14.5 Å². The van der Waals surface area contributed by atoms with Crippen molar-refractivity contribution in [3.05, 3.63) is 0 Å². The molecule has 0 aliphatic carbocycles. The molecule has 0 aromatic carbocycles. The number of carbonyl (C=O) groups excluding carboxylic acids is 2. The highest BCUT2D eigenvalue weighted by Crippen LogP contribution is 2.07. The van der Waals surface area contributed by atoms with Crippen molar-refractivity contribution in [1.29, 1.82) is 0 Å². The van der Waals surface area contributed by atoms with Gasteiger partial charge in [0, 0.05) is 45.8 Å². The van der Waals surface area contributed by atoms with Gasteiger partial charge in [0.05, 0.1) is 19.8 Å². The molecule has 0 saturated carbocycles. The highest BCUT2D eigenvalue weighted by Gasteiger charge is 2.28. The minimum absolute atomic E-state index is 0. The van der Waals surface area contributed by atoms with Gasteiger partial charge in [-0.15, -0.1) is 24.8 Å². The van der Waals surface area contributed by atoms with Crippen LogP contribution >= 0.6 is 24.8 Å². The number of carbonyl (C=O) groups is 2. The summed E-state index contributed by atoms with van der Waals surface area (Å²) in [5.74, 6) is 0.304. The summed E-state index contributed by atoms with van der Waals surface area (Å²) in [6.07, 6.45) is 0.908. The van der Waals surface area contributed by atoms with Crippen molar-refractivity contribution in [3.8, 4) is 0 Å². The van der Waals surface area contributed by atoms with Crippen LogP contribution in [0.1, 0.15) is 20.3 Å². The minimum Gasteiger partial charge on any atom is -0.378 e. The second kappa shape index (κ2) is 12.7. The first-order valence-corrected chi connectivity index (χ1v) is 8.75. The van der Waals surface area contributed by atoms with Crippen LogP contribution in [-0.4, -0.2) is 98.1 Å². The molecule has 2 heterocycles. The quantitative estimate of drug-likeness (QED) is 0.717. The maximum atomic E-state index is 12.5. The first kappa shape index (κ1) is 24.4. The normalized spacial score (nSPS) is 21.5. The fourth-order valence-corrected chi connectivity index (χ4v) is 3.16. The number of hydrogen-bond acceptors (Lipinski definition) is 5.